The van der Waals surface area contributed by atoms with Crippen molar-refractivity contribution in [3.63, 3.8) is 0 Å². The Morgan fingerprint density at radius 3 is 2.76 bits per heavy atom. The van der Waals surface area contributed by atoms with Crippen LogP contribution in [-0.4, -0.2) is 51.6 Å². The lowest BCUT2D eigenvalue weighted by molar-refractivity contribution is -0.123. The molecular weight excluding hydrogens is 412 g/mol. The topological polar surface area (TPSA) is 94.0 Å². The van der Waals surface area contributed by atoms with Crippen molar-refractivity contribution >= 4 is 46.1 Å². The van der Waals surface area contributed by atoms with Crippen molar-refractivity contribution in [1.82, 2.24) is 25.1 Å². The Bertz CT molecular complexity index is 963. The first-order valence-corrected chi connectivity index (χ1v) is 10.9. The highest BCUT2D eigenvalue weighted by molar-refractivity contribution is 7.98. The second kappa shape index (κ2) is 10.3. The van der Waals surface area contributed by atoms with E-state index in [-0.39, 0.29) is 12.5 Å². The first-order valence-electron chi connectivity index (χ1n) is 9.27. The normalized spacial score (nSPS) is 10.9. The predicted molar refractivity (Wildman–Crippen MR) is 116 cm³/mol. The van der Waals surface area contributed by atoms with Gasteiger partial charge in [0.05, 0.1) is 18.1 Å². The molecule has 1 amide bonds. The molecule has 0 saturated carbocycles. The van der Waals surface area contributed by atoms with Gasteiger partial charge in [-0.1, -0.05) is 30.3 Å². The van der Waals surface area contributed by atoms with Crippen LogP contribution in [0.1, 0.15) is 13.3 Å². The van der Waals surface area contributed by atoms with E-state index in [9.17, 15) is 4.79 Å². The fourth-order valence-corrected chi connectivity index (χ4v) is 3.09. The minimum absolute atomic E-state index is 0.0641. The van der Waals surface area contributed by atoms with Crippen molar-refractivity contribution in [3.8, 4) is 5.75 Å². The number of anilines is 1. The van der Waals surface area contributed by atoms with Crippen molar-refractivity contribution in [3.05, 3.63) is 35.5 Å². The molecule has 0 fully saturated rings. The molecule has 1 aromatic carbocycles. The quantitative estimate of drug-likeness (QED) is 0.373. The van der Waals surface area contributed by atoms with Crippen LogP contribution in [0.3, 0.4) is 0 Å². The summed E-state index contributed by atoms with van der Waals surface area (Å²) in [5.74, 6) is 1.17. The number of carbonyl (C=O) groups is 1. The number of hydrogen-bond acceptors (Lipinski definition) is 7. The summed E-state index contributed by atoms with van der Waals surface area (Å²) in [6.07, 6.45) is 4.69. The average molecular weight is 435 g/mol. The van der Waals surface area contributed by atoms with Crippen LogP contribution in [0.5, 0.6) is 5.75 Å². The number of halogens is 1. The summed E-state index contributed by atoms with van der Waals surface area (Å²) in [5.41, 5.74) is 0.745. The van der Waals surface area contributed by atoms with E-state index in [4.69, 9.17) is 16.3 Å². The van der Waals surface area contributed by atoms with Crippen LogP contribution >= 0.6 is 23.4 Å². The number of nitrogens with one attached hydrogen (secondary N) is 2. The Morgan fingerprint density at radius 2 is 2.03 bits per heavy atom. The molecule has 0 spiro atoms. The highest BCUT2D eigenvalue weighted by atomic mass is 35.5. The zero-order valence-electron chi connectivity index (χ0n) is 16.3. The SMILES string of the molecule is CCCNc1nc(SC)nc2c1cnn2CCNC(=O)COc1ccc(Cl)cc1. The summed E-state index contributed by atoms with van der Waals surface area (Å²) in [6.45, 7) is 3.77. The van der Waals surface area contributed by atoms with Crippen molar-refractivity contribution in [1.29, 1.82) is 0 Å². The van der Waals surface area contributed by atoms with Gasteiger partial charge in [-0.15, -0.1) is 0 Å². The maximum absolute atomic E-state index is 12.0. The maximum Gasteiger partial charge on any atom is 0.258 e. The number of aromatic nitrogens is 4. The molecule has 29 heavy (non-hydrogen) atoms. The molecule has 0 bridgehead atoms. The Balaban J connectivity index is 1.57. The molecule has 0 atom stereocenters. The minimum Gasteiger partial charge on any atom is -0.484 e. The number of fused-ring (bicyclic) bond motifs is 1. The monoisotopic (exact) mass is 434 g/mol. The van der Waals surface area contributed by atoms with Gasteiger partial charge in [-0.2, -0.15) is 5.10 Å². The number of hydrogen-bond donors (Lipinski definition) is 2. The van der Waals surface area contributed by atoms with Crippen molar-refractivity contribution in [2.24, 2.45) is 0 Å². The lowest BCUT2D eigenvalue weighted by atomic mass is 10.3. The van der Waals surface area contributed by atoms with Gasteiger partial charge in [-0.25, -0.2) is 14.6 Å². The van der Waals surface area contributed by atoms with E-state index in [1.54, 1.807) is 35.1 Å². The molecule has 0 aliphatic carbocycles. The van der Waals surface area contributed by atoms with Gasteiger partial charge in [0.15, 0.2) is 17.4 Å². The molecule has 154 valence electrons. The van der Waals surface area contributed by atoms with Crippen LogP contribution in [0.4, 0.5) is 5.82 Å². The fourth-order valence-electron chi connectivity index (χ4n) is 2.60. The van der Waals surface area contributed by atoms with Gasteiger partial charge in [0, 0.05) is 18.1 Å². The van der Waals surface area contributed by atoms with Gasteiger partial charge in [-0.3, -0.25) is 4.79 Å². The molecule has 0 radical (unpaired) electrons. The minimum atomic E-state index is -0.207. The van der Waals surface area contributed by atoms with E-state index in [1.165, 1.54) is 11.8 Å². The smallest absolute Gasteiger partial charge is 0.258 e. The molecule has 0 aliphatic rings. The lowest BCUT2D eigenvalue weighted by Crippen LogP contribution is -2.31. The Kier molecular flexibility index (Phi) is 7.54. The number of thioether (sulfide) groups is 1. The first-order chi connectivity index (χ1) is 14.1. The molecule has 10 heteroatoms. The van der Waals surface area contributed by atoms with E-state index in [0.29, 0.717) is 29.0 Å². The summed E-state index contributed by atoms with van der Waals surface area (Å²) in [4.78, 5) is 21.1. The van der Waals surface area contributed by atoms with Gasteiger partial charge in [0.25, 0.3) is 5.91 Å². The molecule has 0 aliphatic heterocycles. The number of benzene rings is 1. The summed E-state index contributed by atoms with van der Waals surface area (Å²) in [5, 5.41) is 12.7. The standard InChI is InChI=1S/C19H23ClN6O2S/c1-3-8-22-17-15-11-23-26(18(15)25-19(24-17)29-2)10-9-21-16(27)12-28-14-6-4-13(20)5-7-14/h4-7,11H,3,8-10,12H2,1-2H3,(H,21,27)(H,22,24,25). The van der Waals surface area contributed by atoms with Gasteiger partial charge in [-0.05, 0) is 36.9 Å². The van der Waals surface area contributed by atoms with Gasteiger partial charge < -0.3 is 15.4 Å². The molecule has 0 saturated heterocycles. The summed E-state index contributed by atoms with van der Waals surface area (Å²) < 4.78 is 7.21. The van der Waals surface area contributed by atoms with Crippen LogP contribution < -0.4 is 15.4 Å². The van der Waals surface area contributed by atoms with Crippen LogP contribution in [0.2, 0.25) is 5.02 Å². The molecular formula is C19H23ClN6O2S. The summed E-state index contributed by atoms with van der Waals surface area (Å²) in [7, 11) is 0. The van der Waals surface area contributed by atoms with E-state index in [0.717, 1.165) is 29.8 Å². The summed E-state index contributed by atoms with van der Waals surface area (Å²) >= 11 is 7.31. The Morgan fingerprint density at radius 1 is 1.24 bits per heavy atom. The van der Waals surface area contributed by atoms with Gasteiger partial charge >= 0.3 is 0 Å². The van der Waals surface area contributed by atoms with Crippen LogP contribution in [0.15, 0.2) is 35.6 Å². The second-order valence-electron chi connectivity index (χ2n) is 6.18. The molecule has 2 N–H and O–H groups in total. The zero-order chi connectivity index (χ0) is 20.6. The maximum atomic E-state index is 12.0. The highest BCUT2D eigenvalue weighted by Gasteiger charge is 2.13. The molecule has 0 unspecified atom stereocenters. The Labute approximate surface area is 178 Å². The van der Waals surface area contributed by atoms with E-state index >= 15 is 0 Å². The largest absolute Gasteiger partial charge is 0.484 e. The molecule has 2 heterocycles. The molecule has 3 rings (SSSR count). The van der Waals surface area contributed by atoms with E-state index in [2.05, 4.69) is 32.6 Å². The van der Waals surface area contributed by atoms with Crippen molar-refractivity contribution in [2.75, 3.05) is 31.3 Å². The highest BCUT2D eigenvalue weighted by Crippen LogP contribution is 2.23. The Hall–Kier alpha value is -2.52. The second-order valence-corrected chi connectivity index (χ2v) is 7.39. The zero-order valence-corrected chi connectivity index (χ0v) is 17.9. The predicted octanol–water partition coefficient (Wildman–Crippen LogP) is 3.22. The van der Waals surface area contributed by atoms with Gasteiger partial charge in [0.2, 0.25) is 0 Å². The van der Waals surface area contributed by atoms with E-state index < -0.39 is 0 Å². The number of amides is 1. The van der Waals surface area contributed by atoms with Crippen molar-refractivity contribution < 1.29 is 9.53 Å². The summed E-state index contributed by atoms with van der Waals surface area (Å²) in [6, 6.07) is 6.87. The number of carbonyl (C=O) groups excluding carboxylic acids is 1. The van der Waals surface area contributed by atoms with E-state index in [1.807, 2.05) is 6.26 Å². The number of rotatable bonds is 10. The fraction of sp³-hybridized carbons (Fsp3) is 0.368. The van der Waals surface area contributed by atoms with Gasteiger partial charge in [0.1, 0.15) is 11.6 Å². The van der Waals surface area contributed by atoms with Crippen LogP contribution in [0, 0.1) is 0 Å². The third-order valence-corrected chi connectivity index (χ3v) is 4.83. The average Bonchev–Trinajstić information content (AvgIpc) is 3.14. The number of ether oxygens (including phenoxy) is 1. The lowest BCUT2D eigenvalue weighted by Gasteiger charge is -2.09. The van der Waals surface area contributed by atoms with Crippen LogP contribution in [-0.2, 0) is 11.3 Å². The molecule has 3 aromatic rings. The third kappa shape index (κ3) is 5.74. The van der Waals surface area contributed by atoms with Crippen LogP contribution in [0.25, 0.3) is 11.0 Å². The number of nitrogens with zero attached hydrogens (tertiary/aromatic N) is 4. The first kappa shape index (κ1) is 21.2. The van der Waals surface area contributed by atoms with Crippen molar-refractivity contribution in [2.45, 2.75) is 25.0 Å². The third-order valence-electron chi connectivity index (χ3n) is 4.03. The molecule has 2 aromatic heterocycles. The molecule has 8 nitrogen and oxygen atoms in total.